The summed E-state index contributed by atoms with van der Waals surface area (Å²) in [4.78, 5) is 13.9. The summed E-state index contributed by atoms with van der Waals surface area (Å²) in [5.74, 6) is 0.207. The first-order valence-corrected chi connectivity index (χ1v) is 10.5. The van der Waals surface area contributed by atoms with Gasteiger partial charge in [0.25, 0.3) is 5.91 Å². The van der Waals surface area contributed by atoms with E-state index in [2.05, 4.69) is 0 Å². The molecule has 146 valence electrons. The lowest BCUT2D eigenvalue weighted by Gasteiger charge is -2.34. The number of carbonyl (C=O) groups excluding carboxylic acids is 1. The molecular formula is C20H21N3O4S. The Hall–Kier alpha value is -2.89. The highest BCUT2D eigenvalue weighted by Crippen LogP contribution is 2.15. The second-order valence-corrected chi connectivity index (χ2v) is 8.42. The van der Waals surface area contributed by atoms with Crippen molar-refractivity contribution in [3.8, 4) is 11.8 Å². The standard InChI is InChI=1S/C20H21N3O4S/c21-14-18-7-4-8-19(13-18)27-15-20(24)22-9-11-23(12-10-22)28(25,26)16-17-5-2-1-3-6-17/h1-8,13H,9-12,15-16H2. The van der Waals surface area contributed by atoms with Crippen molar-refractivity contribution in [2.45, 2.75) is 5.75 Å². The lowest BCUT2D eigenvalue weighted by molar-refractivity contribution is -0.134. The van der Waals surface area contributed by atoms with E-state index in [9.17, 15) is 13.2 Å². The van der Waals surface area contributed by atoms with Crippen LogP contribution < -0.4 is 4.74 Å². The van der Waals surface area contributed by atoms with Crippen LogP contribution in [0.15, 0.2) is 54.6 Å². The van der Waals surface area contributed by atoms with E-state index in [1.165, 1.54) is 4.31 Å². The van der Waals surface area contributed by atoms with Crippen molar-refractivity contribution >= 4 is 15.9 Å². The number of benzene rings is 2. The van der Waals surface area contributed by atoms with Crippen LogP contribution in [0.5, 0.6) is 5.75 Å². The van der Waals surface area contributed by atoms with Gasteiger partial charge in [0, 0.05) is 26.2 Å². The van der Waals surface area contributed by atoms with Crippen molar-refractivity contribution in [1.82, 2.24) is 9.21 Å². The molecule has 1 amide bonds. The fourth-order valence-electron chi connectivity index (χ4n) is 2.98. The van der Waals surface area contributed by atoms with Gasteiger partial charge >= 0.3 is 0 Å². The summed E-state index contributed by atoms with van der Waals surface area (Å²) in [7, 11) is -3.41. The van der Waals surface area contributed by atoms with Crippen molar-refractivity contribution < 1.29 is 17.9 Å². The number of hydrogen-bond donors (Lipinski definition) is 0. The molecule has 0 N–H and O–H groups in total. The van der Waals surface area contributed by atoms with Crippen LogP contribution in [-0.2, 0) is 20.6 Å². The summed E-state index contributed by atoms with van der Waals surface area (Å²) >= 11 is 0. The summed E-state index contributed by atoms with van der Waals surface area (Å²) in [6.07, 6.45) is 0. The number of rotatable bonds is 6. The van der Waals surface area contributed by atoms with Gasteiger partial charge in [-0.05, 0) is 23.8 Å². The third-order valence-electron chi connectivity index (χ3n) is 4.50. The van der Waals surface area contributed by atoms with Crippen LogP contribution in [0.25, 0.3) is 0 Å². The molecule has 0 bridgehead atoms. The highest BCUT2D eigenvalue weighted by atomic mass is 32.2. The van der Waals surface area contributed by atoms with E-state index >= 15 is 0 Å². The van der Waals surface area contributed by atoms with Gasteiger partial charge in [-0.15, -0.1) is 0 Å². The fourth-order valence-corrected chi connectivity index (χ4v) is 4.50. The summed E-state index contributed by atoms with van der Waals surface area (Å²) in [6, 6.07) is 17.7. The molecule has 7 nitrogen and oxygen atoms in total. The van der Waals surface area contributed by atoms with Crippen LogP contribution in [-0.4, -0.2) is 56.3 Å². The fraction of sp³-hybridized carbons (Fsp3) is 0.300. The quantitative estimate of drug-likeness (QED) is 0.736. The maximum absolute atomic E-state index is 12.6. The van der Waals surface area contributed by atoms with E-state index in [1.807, 2.05) is 24.3 Å². The average Bonchev–Trinajstić information content (AvgIpc) is 2.72. The van der Waals surface area contributed by atoms with E-state index in [4.69, 9.17) is 10.00 Å². The SMILES string of the molecule is N#Cc1cccc(OCC(=O)N2CCN(S(=O)(=O)Cc3ccccc3)CC2)c1. The van der Waals surface area contributed by atoms with Crippen LogP contribution in [0.2, 0.25) is 0 Å². The monoisotopic (exact) mass is 399 g/mol. The Labute approximate surface area is 164 Å². The molecule has 1 aliphatic heterocycles. The van der Waals surface area contributed by atoms with Crippen LogP contribution in [0.3, 0.4) is 0 Å². The van der Waals surface area contributed by atoms with E-state index in [-0.39, 0.29) is 31.4 Å². The predicted octanol–water partition coefficient (Wildman–Crippen LogP) is 1.61. The maximum Gasteiger partial charge on any atom is 0.260 e. The summed E-state index contributed by atoms with van der Waals surface area (Å²) in [6.45, 7) is 1.05. The number of amides is 1. The van der Waals surface area contributed by atoms with Crippen molar-refractivity contribution in [3.63, 3.8) is 0 Å². The van der Waals surface area contributed by atoms with Gasteiger partial charge in [0.1, 0.15) is 5.75 Å². The number of ether oxygens (including phenoxy) is 1. The minimum Gasteiger partial charge on any atom is -0.484 e. The number of nitrogens with zero attached hydrogens (tertiary/aromatic N) is 3. The van der Waals surface area contributed by atoms with Crippen LogP contribution in [0, 0.1) is 11.3 Å². The number of piperazine rings is 1. The molecule has 0 saturated carbocycles. The zero-order valence-corrected chi connectivity index (χ0v) is 16.1. The van der Waals surface area contributed by atoms with Gasteiger partial charge < -0.3 is 9.64 Å². The summed E-state index contributed by atoms with van der Waals surface area (Å²) < 4.78 is 32.0. The van der Waals surface area contributed by atoms with Gasteiger partial charge in [0.15, 0.2) is 6.61 Å². The van der Waals surface area contributed by atoms with Crippen molar-refractivity contribution in [3.05, 3.63) is 65.7 Å². The Bertz CT molecular complexity index is 962. The molecule has 8 heteroatoms. The minimum absolute atomic E-state index is 0.0415. The van der Waals surface area contributed by atoms with Crippen molar-refractivity contribution in [2.24, 2.45) is 0 Å². The first-order valence-electron chi connectivity index (χ1n) is 8.90. The van der Waals surface area contributed by atoms with Gasteiger partial charge in [-0.3, -0.25) is 4.79 Å². The Morgan fingerprint density at radius 2 is 1.75 bits per heavy atom. The first kappa shape index (κ1) is 19.9. The number of carbonyl (C=O) groups is 1. The van der Waals surface area contributed by atoms with Gasteiger partial charge in [0.2, 0.25) is 10.0 Å². The molecule has 2 aromatic rings. The molecule has 1 saturated heterocycles. The Balaban J connectivity index is 1.50. The van der Waals surface area contributed by atoms with Gasteiger partial charge in [-0.1, -0.05) is 36.4 Å². The molecule has 0 aliphatic carbocycles. The molecule has 0 radical (unpaired) electrons. The average molecular weight is 399 g/mol. The Kier molecular flexibility index (Phi) is 6.29. The molecule has 1 heterocycles. The number of nitriles is 1. The summed E-state index contributed by atoms with van der Waals surface area (Å²) in [5, 5.41) is 8.89. The van der Waals surface area contributed by atoms with Gasteiger partial charge in [-0.25, -0.2) is 8.42 Å². The van der Waals surface area contributed by atoms with E-state index < -0.39 is 10.0 Å². The Morgan fingerprint density at radius 1 is 1.04 bits per heavy atom. The molecule has 0 atom stereocenters. The second-order valence-electron chi connectivity index (χ2n) is 6.45. The smallest absolute Gasteiger partial charge is 0.260 e. The third-order valence-corrected chi connectivity index (χ3v) is 6.35. The zero-order chi connectivity index (χ0) is 20.0. The van der Waals surface area contributed by atoms with Crippen molar-refractivity contribution in [1.29, 1.82) is 5.26 Å². The van der Waals surface area contributed by atoms with Gasteiger partial charge in [0.05, 0.1) is 17.4 Å². The molecule has 28 heavy (non-hydrogen) atoms. The third kappa shape index (κ3) is 5.09. The molecule has 0 unspecified atom stereocenters. The molecule has 0 spiro atoms. The Morgan fingerprint density at radius 3 is 2.43 bits per heavy atom. The lowest BCUT2D eigenvalue weighted by Crippen LogP contribution is -2.51. The second kappa shape index (κ2) is 8.87. The molecule has 2 aromatic carbocycles. The molecule has 0 aromatic heterocycles. The lowest BCUT2D eigenvalue weighted by atomic mass is 10.2. The maximum atomic E-state index is 12.6. The molecule has 1 fully saturated rings. The zero-order valence-electron chi connectivity index (χ0n) is 15.3. The van der Waals surface area contributed by atoms with E-state index in [1.54, 1.807) is 41.3 Å². The predicted molar refractivity (Wildman–Crippen MR) is 104 cm³/mol. The van der Waals surface area contributed by atoms with E-state index in [0.29, 0.717) is 24.4 Å². The first-order chi connectivity index (χ1) is 13.5. The molecule has 1 aliphatic rings. The molecular weight excluding hydrogens is 378 g/mol. The largest absolute Gasteiger partial charge is 0.484 e. The number of sulfonamides is 1. The van der Waals surface area contributed by atoms with Crippen LogP contribution in [0.1, 0.15) is 11.1 Å². The minimum atomic E-state index is -3.41. The topological polar surface area (TPSA) is 90.7 Å². The van der Waals surface area contributed by atoms with Crippen LogP contribution in [0.4, 0.5) is 0 Å². The van der Waals surface area contributed by atoms with Crippen molar-refractivity contribution in [2.75, 3.05) is 32.8 Å². The highest BCUT2D eigenvalue weighted by Gasteiger charge is 2.29. The number of hydrogen-bond acceptors (Lipinski definition) is 5. The normalized spacial score (nSPS) is 15.0. The van der Waals surface area contributed by atoms with E-state index in [0.717, 1.165) is 5.56 Å². The van der Waals surface area contributed by atoms with Gasteiger partial charge in [-0.2, -0.15) is 9.57 Å². The molecule has 3 rings (SSSR count). The van der Waals surface area contributed by atoms with Crippen LogP contribution >= 0.6 is 0 Å². The highest BCUT2D eigenvalue weighted by molar-refractivity contribution is 7.88. The summed E-state index contributed by atoms with van der Waals surface area (Å²) in [5.41, 5.74) is 1.20.